The maximum absolute atomic E-state index is 12.4. The Bertz CT molecular complexity index is 773. The fourth-order valence-corrected chi connectivity index (χ4v) is 4.29. The molecule has 0 spiro atoms. The van der Waals surface area contributed by atoms with Crippen molar-refractivity contribution in [3.8, 4) is 0 Å². The van der Waals surface area contributed by atoms with Crippen molar-refractivity contribution in [2.45, 2.75) is 52.4 Å². The van der Waals surface area contributed by atoms with E-state index in [0.717, 1.165) is 47.4 Å². The molecule has 3 rings (SSSR count). The molecule has 1 aromatic carbocycles. The van der Waals surface area contributed by atoms with E-state index >= 15 is 0 Å². The fraction of sp³-hybridized carbons (Fsp3) is 0.545. The number of benzene rings is 1. The van der Waals surface area contributed by atoms with E-state index in [4.69, 9.17) is 4.74 Å². The van der Waals surface area contributed by atoms with Gasteiger partial charge in [0.25, 0.3) is 5.91 Å². The third-order valence-electron chi connectivity index (χ3n) is 5.85. The van der Waals surface area contributed by atoms with Gasteiger partial charge in [-0.1, -0.05) is 44.9 Å². The minimum Gasteiger partial charge on any atom is -0.454 e. The summed E-state index contributed by atoms with van der Waals surface area (Å²) in [7, 11) is 0. The number of imide groups is 1. The predicted octanol–water partition coefficient (Wildman–Crippen LogP) is 2.47. The predicted molar refractivity (Wildman–Crippen MR) is 107 cm³/mol. The summed E-state index contributed by atoms with van der Waals surface area (Å²) in [6.45, 7) is 3.13. The summed E-state index contributed by atoms with van der Waals surface area (Å²) in [5.41, 5.74) is 2.78. The second kappa shape index (κ2) is 9.20. The van der Waals surface area contributed by atoms with E-state index in [1.54, 1.807) is 0 Å². The molecule has 3 amide bonds. The van der Waals surface area contributed by atoms with Crippen LogP contribution in [0.3, 0.4) is 0 Å². The van der Waals surface area contributed by atoms with Crippen LogP contribution in [-0.4, -0.2) is 41.7 Å². The average molecular weight is 400 g/mol. The average Bonchev–Trinajstić information content (AvgIpc) is 2.97. The number of hydrogen-bond donors (Lipinski definition) is 1. The molecule has 7 nitrogen and oxygen atoms in total. The molecular weight excluding hydrogens is 372 g/mol. The first-order valence-corrected chi connectivity index (χ1v) is 10.4. The molecule has 1 aliphatic heterocycles. The summed E-state index contributed by atoms with van der Waals surface area (Å²) in [5.74, 6) is -2.37. The maximum atomic E-state index is 12.4. The molecule has 2 aliphatic rings. The van der Waals surface area contributed by atoms with Crippen molar-refractivity contribution >= 4 is 29.4 Å². The molecule has 1 saturated heterocycles. The van der Waals surface area contributed by atoms with Crippen molar-refractivity contribution in [3.63, 3.8) is 0 Å². The van der Waals surface area contributed by atoms with Gasteiger partial charge >= 0.3 is 5.97 Å². The Morgan fingerprint density at radius 3 is 2.10 bits per heavy atom. The van der Waals surface area contributed by atoms with Crippen LogP contribution in [-0.2, 0) is 36.8 Å². The van der Waals surface area contributed by atoms with Gasteiger partial charge in [0.05, 0.1) is 11.8 Å². The highest BCUT2D eigenvalue weighted by molar-refractivity contribution is 6.07. The van der Waals surface area contributed by atoms with E-state index in [1.165, 1.54) is 0 Å². The topological polar surface area (TPSA) is 92.8 Å². The number of carbonyl (C=O) groups excluding carboxylic acids is 4. The Morgan fingerprint density at radius 1 is 1.03 bits per heavy atom. The van der Waals surface area contributed by atoms with Gasteiger partial charge < -0.3 is 10.1 Å². The van der Waals surface area contributed by atoms with E-state index in [2.05, 4.69) is 5.32 Å². The normalized spacial score (nSPS) is 21.1. The van der Waals surface area contributed by atoms with Crippen LogP contribution in [0.15, 0.2) is 18.2 Å². The Kier molecular flexibility index (Phi) is 6.67. The van der Waals surface area contributed by atoms with Crippen molar-refractivity contribution < 1.29 is 23.9 Å². The summed E-state index contributed by atoms with van der Waals surface area (Å²) in [5, 5.41) is 2.82. The molecule has 0 radical (unpaired) electrons. The minimum absolute atomic E-state index is 0.287. The number of amides is 3. The fourth-order valence-electron chi connectivity index (χ4n) is 4.29. The van der Waals surface area contributed by atoms with E-state index in [9.17, 15) is 19.2 Å². The quantitative estimate of drug-likeness (QED) is 0.561. The molecule has 1 aliphatic carbocycles. The molecule has 7 heteroatoms. The zero-order valence-electron chi connectivity index (χ0n) is 17.0. The Balaban J connectivity index is 1.54. The number of carbonyl (C=O) groups is 4. The molecule has 156 valence electrons. The summed E-state index contributed by atoms with van der Waals surface area (Å²) in [6, 6.07) is 5.85. The monoisotopic (exact) mass is 400 g/mol. The van der Waals surface area contributed by atoms with Crippen molar-refractivity contribution in [1.29, 1.82) is 0 Å². The summed E-state index contributed by atoms with van der Waals surface area (Å²) >= 11 is 0. The largest absolute Gasteiger partial charge is 0.454 e. The van der Waals surface area contributed by atoms with Gasteiger partial charge in [-0.2, -0.15) is 0 Å². The number of rotatable bonds is 7. The molecule has 1 N–H and O–H groups in total. The van der Waals surface area contributed by atoms with Crippen molar-refractivity contribution in [2.75, 3.05) is 18.5 Å². The first-order valence-electron chi connectivity index (χ1n) is 10.4. The molecule has 1 heterocycles. The second-order valence-corrected chi connectivity index (χ2v) is 7.63. The van der Waals surface area contributed by atoms with Crippen LogP contribution in [0.1, 0.15) is 50.7 Å². The van der Waals surface area contributed by atoms with Gasteiger partial charge in [0.15, 0.2) is 6.61 Å². The highest BCUT2D eigenvalue weighted by atomic mass is 16.5. The summed E-state index contributed by atoms with van der Waals surface area (Å²) < 4.78 is 5.04. The molecule has 2 atom stereocenters. The lowest BCUT2D eigenvalue weighted by Crippen LogP contribution is -2.37. The Morgan fingerprint density at radius 2 is 1.59 bits per heavy atom. The maximum Gasteiger partial charge on any atom is 0.326 e. The number of anilines is 1. The van der Waals surface area contributed by atoms with Crippen molar-refractivity contribution in [3.05, 3.63) is 29.3 Å². The number of likely N-dealkylation sites (tertiary alicyclic amines) is 1. The van der Waals surface area contributed by atoms with Crippen LogP contribution < -0.4 is 5.32 Å². The van der Waals surface area contributed by atoms with Crippen molar-refractivity contribution in [1.82, 2.24) is 4.90 Å². The minimum atomic E-state index is -0.750. The van der Waals surface area contributed by atoms with Crippen LogP contribution in [0.2, 0.25) is 0 Å². The number of ether oxygens (including phenoxy) is 1. The highest BCUT2D eigenvalue weighted by Gasteiger charge is 2.48. The highest BCUT2D eigenvalue weighted by Crippen LogP contribution is 2.37. The zero-order valence-corrected chi connectivity index (χ0v) is 17.0. The van der Waals surface area contributed by atoms with Crippen molar-refractivity contribution in [2.24, 2.45) is 11.8 Å². The van der Waals surface area contributed by atoms with E-state index < -0.39 is 25.0 Å². The molecule has 2 fully saturated rings. The smallest absolute Gasteiger partial charge is 0.326 e. The lowest BCUT2D eigenvalue weighted by Gasteiger charge is -2.19. The molecule has 0 bridgehead atoms. The van der Waals surface area contributed by atoms with E-state index in [1.807, 2.05) is 32.0 Å². The van der Waals surface area contributed by atoms with E-state index in [0.29, 0.717) is 12.8 Å². The number of fused-ring (bicyclic) bond motifs is 1. The molecular formula is C22H28N2O5. The lowest BCUT2D eigenvalue weighted by atomic mass is 9.81. The van der Waals surface area contributed by atoms with Gasteiger partial charge in [0.1, 0.15) is 6.54 Å². The first-order chi connectivity index (χ1) is 14.0. The third-order valence-corrected chi connectivity index (χ3v) is 5.85. The molecule has 1 aromatic rings. The van der Waals surface area contributed by atoms with Crippen LogP contribution in [0, 0.1) is 11.8 Å². The number of esters is 1. The molecule has 29 heavy (non-hydrogen) atoms. The number of para-hydroxylation sites is 1. The standard InChI is InChI=1S/C22H28N2O5/c1-3-14-8-7-9-15(4-2)20(14)23-18(25)13-29-19(26)12-24-21(27)16-10-5-6-11-17(16)22(24)28/h7-9,16-17H,3-6,10-13H2,1-2H3,(H,23,25)/t16-,17-/m0/s1. The SMILES string of the molecule is CCc1cccc(CC)c1NC(=O)COC(=O)CN1C(=O)[C@H]2CCCC[C@@H]2C1=O. The molecule has 1 saturated carbocycles. The van der Waals surface area contributed by atoms with Gasteiger partial charge in [-0.15, -0.1) is 0 Å². The number of nitrogens with zero attached hydrogens (tertiary/aromatic N) is 1. The number of nitrogens with one attached hydrogen (secondary N) is 1. The van der Waals surface area contributed by atoms with Crippen LogP contribution >= 0.6 is 0 Å². The second-order valence-electron chi connectivity index (χ2n) is 7.63. The Labute approximate surface area is 170 Å². The zero-order chi connectivity index (χ0) is 21.0. The number of aryl methyl sites for hydroxylation is 2. The van der Waals surface area contributed by atoms with Crippen LogP contribution in [0.5, 0.6) is 0 Å². The van der Waals surface area contributed by atoms with Crippen LogP contribution in [0.4, 0.5) is 5.69 Å². The third kappa shape index (κ3) is 4.49. The summed E-state index contributed by atoms with van der Waals surface area (Å²) in [6.07, 6.45) is 4.78. The Hall–Kier alpha value is -2.70. The van der Waals surface area contributed by atoms with Gasteiger partial charge in [-0.3, -0.25) is 24.1 Å². The van der Waals surface area contributed by atoms with Gasteiger partial charge in [-0.05, 0) is 36.8 Å². The van der Waals surface area contributed by atoms with Gasteiger partial charge in [0, 0.05) is 5.69 Å². The van der Waals surface area contributed by atoms with Gasteiger partial charge in [-0.25, -0.2) is 0 Å². The first kappa shape index (κ1) is 21.0. The number of hydrogen-bond acceptors (Lipinski definition) is 5. The molecule has 0 aromatic heterocycles. The van der Waals surface area contributed by atoms with Crippen LogP contribution in [0.25, 0.3) is 0 Å². The van der Waals surface area contributed by atoms with Gasteiger partial charge in [0.2, 0.25) is 11.8 Å². The van der Waals surface area contributed by atoms with E-state index in [-0.39, 0.29) is 23.7 Å². The lowest BCUT2D eigenvalue weighted by molar-refractivity contribution is -0.154. The summed E-state index contributed by atoms with van der Waals surface area (Å²) in [4.78, 5) is 50.3. The molecule has 0 unspecified atom stereocenters.